The van der Waals surface area contributed by atoms with Crippen LogP contribution >= 0.6 is 0 Å². The van der Waals surface area contributed by atoms with Crippen molar-refractivity contribution in [1.82, 2.24) is 0 Å². The van der Waals surface area contributed by atoms with Crippen molar-refractivity contribution in [3.8, 4) is 0 Å². The molecule has 1 saturated carbocycles. The molecule has 3 aliphatic rings. The minimum atomic E-state index is -3.99. The fourth-order valence-corrected chi connectivity index (χ4v) is 7.79. The van der Waals surface area contributed by atoms with Gasteiger partial charge in [0.2, 0.25) is 0 Å². The van der Waals surface area contributed by atoms with E-state index in [-0.39, 0.29) is 28.1 Å². The Morgan fingerprint density at radius 1 is 1.12 bits per heavy atom. The first-order valence-electron chi connectivity index (χ1n) is 12.5. The standard InChI is InChI=1S/C28H38O5S/c1-18(2)20-10-13-23-22(16-20)24(33-34(30,31)21-11-8-19(3)9-12-21)17-25-27(23,4)14-7-15-28(25,5)26(29)32-6/h8-9,11-12,16,18,23,25H,7,10,13-15,17H2,1-6H3/t23-,25+,27+,28+/m0/s1. The van der Waals surface area contributed by atoms with Gasteiger partial charge >= 0.3 is 16.1 Å². The van der Waals surface area contributed by atoms with Crippen molar-refractivity contribution in [1.29, 1.82) is 0 Å². The lowest BCUT2D eigenvalue weighted by Crippen LogP contribution is -2.54. The van der Waals surface area contributed by atoms with E-state index in [4.69, 9.17) is 8.92 Å². The summed E-state index contributed by atoms with van der Waals surface area (Å²) in [5.41, 5.74) is 2.54. The lowest BCUT2D eigenvalue weighted by molar-refractivity contribution is -0.167. The van der Waals surface area contributed by atoms with Crippen molar-refractivity contribution in [2.75, 3.05) is 7.11 Å². The van der Waals surface area contributed by atoms with E-state index in [1.807, 2.05) is 13.8 Å². The van der Waals surface area contributed by atoms with Crippen LogP contribution in [0.2, 0.25) is 0 Å². The van der Waals surface area contributed by atoms with Gasteiger partial charge in [-0.05, 0) is 80.4 Å². The van der Waals surface area contributed by atoms with Crippen LogP contribution in [0.5, 0.6) is 0 Å². The number of fused-ring (bicyclic) bond motifs is 3. The maximum Gasteiger partial charge on any atom is 0.338 e. The van der Waals surface area contributed by atoms with Gasteiger partial charge in [-0.15, -0.1) is 0 Å². The summed E-state index contributed by atoms with van der Waals surface area (Å²) < 4.78 is 37.9. The molecule has 0 heterocycles. The average Bonchev–Trinajstić information content (AvgIpc) is 2.79. The highest BCUT2D eigenvalue weighted by atomic mass is 32.2. The molecule has 4 rings (SSSR count). The Labute approximate surface area is 204 Å². The van der Waals surface area contributed by atoms with Crippen LogP contribution in [0, 0.1) is 35.5 Å². The Hall–Kier alpha value is -2.08. The first kappa shape index (κ1) is 25.0. The van der Waals surface area contributed by atoms with E-state index in [1.54, 1.807) is 24.3 Å². The summed E-state index contributed by atoms with van der Waals surface area (Å²) in [6.45, 7) is 10.6. The van der Waals surface area contributed by atoms with Crippen LogP contribution in [-0.2, 0) is 23.8 Å². The molecule has 0 aliphatic heterocycles. The SMILES string of the molecule is COC(=O)[C@]1(C)CCC[C@@]2(C)[C@H]1CC(OS(=O)(=O)c1ccc(C)cc1)=C1C=C(C(C)C)CC[C@@H]12. The number of hydrogen-bond acceptors (Lipinski definition) is 5. The van der Waals surface area contributed by atoms with Gasteiger partial charge in [0.1, 0.15) is 10.7 Å². The number of carbonyl (C=O) groups excluding carboxylic acids is 1. The summed E-state index contributed by atoms with van der Waals surface area (Å²) in [4.78, 5) is 13.2. The zero-order valence-corrected chi connectivity index (χ0v) is 22.1. The summed E-state index contributed by atoms with van der Waals surface area (Å²) in [6, 6.07) is 6.74. The molecule has 0 amide bonds. The highest BCUT2D eigenvalue weighted by Gasteiger charge is 2.59. The second-order valence-electron chi connectivity index (χ2n) is 11.2. The van der Waals surface area contributed by atoms with Gasteiger partial charge in [-0.2, -0.15) is 8.42 Å². The molecule has 0 saturated heterocycles. The molecule has 1 aromatic rings. The van der Waals surface area contributed by atoms with Crippen molar-refractivity contribution in [2.24, 2.45) is 28.6 Å². The number of hydrogen-bond donors (Lipinski definition) is 0. The predicted molar refractivity (Wildman–Crippen MR) is 132 cm³/mol. The van der Waals surface area contributed by atoms with Crippen LogP contribution in [0.4, 0.5) is 0 Å². The Kier molecular flexibility index (Phi) is 6.52. The van der Waals surface area contributed by atoms with Gasteiger partial charge in [0, 0.05) is 6.42 Å². The molecule has 186 valence electrons. The molecule has 1 fully saturated rings. The van der Waals surface area contributed by atoms with Gasteiger partial charge in [0.15, 0.2) is 0 Å². The van der Waals surface area contributed by atoms with Crippen LogP contribution < -0.4 is 0 Å². The van der Waals surface area contributed by atoms with E-state index >= 15 is 0 Å². The third-order valence-electron chi connectivity index (χ3n) is 8.84. The topological polar surface area (TPSA) is 69.7 Å². The number of benzene rings is 1. The average molecular weight is 487 g/mol. The maximum atomic E-state index is 13.3. The number of carbonyl (C=O) groups is 1. The summed E-state index contributed by atoms with van der Waals surface area (Å²) in [5, 5.41) is 0. The van der Waals surface area contributed by atoms with Gasteiger partial charge in [-0.1, -0.05) is 56.5 Å². The summed E-state index contributed by atoms with van der Waals surface area (Å²) in [7, 11) is -2.54. The van der Waals surface area contributed by atoms with Crippen LogP contribution in [0.15, 0.2) is 52.1 Å². The van der Waals surface area contributed by atoms with E-state index < -0.39 is 15.5 Å². The molecular weight excluding hydrogens is 448 g/mol. The van der Waals surface area contributed by atoms with E-state index in [0.29, 0.717) is 18.1 Å². The van der Waals surface area contributed by atoms with E-state index in [9.17, 15) is 13.2 Å². The molecule has 1 aromatic carbocycles. The monoisotopic (exact) mass is 486 g/mol. The van der Waals surface area contributed by atoms with E-state index in [0.717, 1.165) is 43.2 Å². The minimum absolute atomic E-state index is 0.0489. The molecule has 4 atom stereocenters. The van der Waals surface area contributed by atoms with Gasteiger partial charge in [-0.25, -0.2) is 0 Å². The zero-order valence-electron chi connectivity index (χ0n) is 21.3. The van der Waals surface area contributed by atoms with Gasteiger partial charge < -0.3 is 8.92 Å². The molecule has 0 bridgehead atoms. The van der Waals surface area contributed by atoms with Gasteiger partial charge in [-0.3, -0.25) is 4.79 Å². The first-order valence-corrected chi connectivity index (χ1v) is 13.9. The minimum Gasteiger partial charge on any atom is -0.469 e. The molecular formula is C28H38O5S. The number of allylic oxidation sites excluding steroid dienone is 4. The summed E-state index contributed by atoms with van der Waals surface area (Å²) >= 11 is 0. The first-order chi connectivity index (χ1) is 15.9. The fraction of sp³-hybridized carbons (Fsp3) is 0.607. The quantitative estimate of drug-likeness (QED) is 0.359. The lowest BCUT2D eigenvalue weighted by atomic mass is 9.46. The molecule has 0 aromatic heterocycles. The highest BCUT2D eigenvalue weighted by molar-refractivity contribution is 7.86. The summed E-state index contributed by atoms with van der Waals surface area (Å²) in [5.74, 6) is 0.791. The number of rotatable bonds is 5. The number of ether oxygens (including phenoxy) is 1. The zero-order chi connectivity index (χ0) is 24.9. The Morgan fingerprint density at radius 2 is 1.79 bits per heavy atom. The Balaban J connectivity index is 1.84. The van der Waals surface area contributed by atoms with E-state index in [2.05, 4.69) is 26.8 Å². The molecule has 0 unspecified atom stereocenters. The van der Waals surface area contributed by atoms with Crippen LogP contribution in [0.1, 0.15) is 71.8 Å². The smallest absolute Gasteiger partial charge is 0.338 e. The lowest BCUT2D eigenvalue weighted by Gasteiger charge is -2.57. The Morgan fingerprint density at radius 3 is 2.41 bits per heavy atom. The van der Waals surface area contributed by atoms with Crippen molar-refractivity contribution in [2.45, 2.75) is 78.0 Å². The van der Waals surface area contributed by atoms with Crippen molar-refractivity contribution in [3.63, 3.8) is 0 Å². The number of methoxy groups -OCH3 is 1. The van der Waals surface area contributed by atoms with Crippen molar-refractivity contribution < 1.29 is 22.1 Å². The Bertz CT molecular complexity index is 1130. The van der Waals surface area contributed by atoms with Crippen molar-refractivity contribution >= 4 is 16.1 Å². The molecule has 5 nitrogen and oxygen atoms in total. The second kappa shape index (κ2) is 8.85. The third kappa shape index (κ3) is 4.12. The van der Waals surface area contributed by atoms with Crippen LogP contribution in [-0.4, -0.2) is 21.5 Å². The highest BCUT2D eigenvalue weighted by Crippen LogP contribution is 2.64. The molecule has 34 heavy (non-hydrogen) atoms. The third-order valence-corrected chi connectivity index (χ3v) is 10.1. The normalized spacial score (nSPS) is 31.4. The predicted octanol–water partition coefficient (Wildman–Crippen LogP) is 6.34. The van der Waals surface area contributed by atoms with Crippen LogP contribution in [0.3, 0.4) is 0 Å². The van der Waals surface area contributed by atoms with Crippen LogP contribution in [0.25, 0.3) is 0 Å². The molecule has 6 heteroatoms. The maximum absolute atomic E-state index is 13.3. The second-order valence-corrected chi connectivity index (χ2v) is 12.8. The molecule has 0 radical (unpaired) electrons. The fourth-order valence-electron chi connectivity index (χ4n) is 6.79. The van der Waals surface area contributed by atoms with Gasteiger partial charge in [0.05, 0.1) is 12.5 Å². The largest absolute Gasteiger partial charge is 0.469 e. The molecule has 0 spiro atoms. The van der Waals surface area contributed by atoms with E-state index in [1.165, 1.54) is 12.7 Å². The number of aryl methyl sites for hydroxylation is 1. The van der Waals surface area contributed by atoms with Crippen molar-refractivity contribution in [3.05, 3.63) is 52.8 Å². The molecule has 3 aliphatic carbocycles. The number of esters is 1. The summed E-state index contributed by atoms with van der Waals surface area (Å²) in [6.07, 6.45) is 7.27. The van der Waals surface area contributed by atoms with Gasteiger partial charge in [0.25, 0.3) is 0 Å². The molecule has 0 N–H and O–H groups in total.